The fourth-order valence-electron chi connectivity index (χ4n) is 1.99. The van der Waals surface area contributed by atoms with Crippen LogP contribution in [0.25, 0.3) is 0 Å². The van der Waals surface area contributed by atoms with Crippen LogP contribution in [-0.4, -0.2) is 11.5 Å². The average Bonchev–Trinajstić information content (AvgIpc) is 3.12. The Morgan fingerprint density at radius 2 is 2.33 bits per heavy atom. The number of hydrogen-bond donors (Lipinski definition) is 1. The van der Waals surface area contributed by atoms with E-state index in [9.17, 15) is 0 Å². The number of hydrogen-bond acceptors (Lipinski definition) is 3. The standard InChI is InChI=1S/C12H18N2S/c1-8-4-10(8)5-13-6-11-7-15-12(14-11)9-2-3-9/h7-10,13H,2-6H2,1H3. The number of nitrogens with one attached hydrogen (secondary N) is 1. The Kier molecular flexibility index (Phi) is 2.53. The van der Waals surface area contributed by atoms with Gasteiger partial charge in [-0.25, -0.2) is 4.98 Å². The number of nitrogens with zero attached hydrogens (tertiary/aromatic N) is 1. The van der Waals surface area contributed by atoms with Crippen molar-refractivity contribution >= 4 is 11.3 Å². The van der Waals surface area contributed by atoms with Crippen molar-refractivity contribution in [1.82, 2.24) is 10.3 Å². The molecule has 2 fully saturated rings. The van der Waals surface area contributed by atoms with Gasteiger partial charge in [0.2, 0.25) is 0 Å². The first kappa shape index (κ1) is 9.79. The summed E-state index contributed by atoms with van der Waals surface area (Å²) in [4.78, 5) is 4.66. The van der Waals surface area contributed by atoms with E-state index >= 15 is 0 Å². The molecule has 3 rings (SSSR count). The fraction of sp³-hybridized carbons (Fsp3) is 0.750. The molecule has 0 aliphatic heterocycles. The van der Waals surface area contributed by atoms with Crippen molar-refractivity contribution in [3.8, 4) is 0 Å². The van der Waals surface area contributed by atoms with Crippen LogP contribution in [0.3, 0.4) is 0 Å². The molecule has 82 valence electrons. The molecule has 0 bridgehead atoms. The normalized spacial score (nSPS) is 29.4. The van der Waals surface area contributed by atoms with Crippen LogP contribution in [0.4, 0.5) is 0 Å². The molecule has 2 unspecified atom stereocenters. The monoisotopic (exact) mass is 222 g/mol. The van der Waals surface area contributed by atoms with E-state index in [0.29, 0.717) is 0 Å². The lowest BCUT2D eigenvalue weighted by Gasteiger charge is -2.00. The van der Waals surface area contributed by atoms with Gasteiger partial charge in [-0.2, -0.15) is 0 Å². The van der Waals surface area contributed by atoms with Gasteiger partial charge in [-0.1, -0.05) is 6.92 Å². The van der Waals surface area contributed by atoms with Crippen LogP contribution in [0.2, 0.25) is 0 Å². The molecule has 1 heterocycles. The van der Waals surface area contributed by atoms with Gasteiger partial charge in [-0.05, 0) is 37.6 Å². The van der Waals surface area contributed by atoms with Crippen molar-refractivity contribution in [1.29, 1.82) is 0 Å². The summed E-state index contributed by atoms with van der Waals surface area (Å²) in [7, 11) is 0. The van der Waals surface area contributed by atoms with E-state index in [1.165, 1.54) is 36.5 Å². The molecule has 0 saturated heterocycles. The van der Waals surface area contributed by atoms with Gasteiger partial charge in [-0.3, -0.25) is 0 Å². The predicted octanol–water partition coefficient (Wildman–Crippen LogP) is 2.77. The Hall–Kier alpha value is -0.410. The highest BCUT2D eigenvalue weighted by Gasteiger charge is 2.31. The molecular weight excluding hydrogens is 204 g/mol. The topological polar surface area (TPSA) is 24.9 Å². The van der Waals surface area contributed by atoms with E-state index < -0.39 is 0 Å². The molecular formula is C12H18N2S. The highest BCUT2D eigenvalue weighted by molar-refractivity contribution is 7.09. The van der Waals surface area contributed by atoms with Gasteiger partial charge in [0.25, 0.3) is 0 Å². The fourth-order valence-corrected chi connectivity index (χ4v) is 2.98. The Balaban J connectivity index is 1.44. The zero-order chi connectivity index (χ0) is 10.3. The van der Waals surface area contributed by atoms with Crippen molar-refractivity contribution in [3.05, 3.63) is 16.1 Å². The van der Waals surface area contributed by atoms with E-state index in [-0.39, 0.29) is 0 Å². The van der Waals surface area contributed by atoms with Gasteiger partial charge in [0, 0.05) is 17.8 Å². The van der Waals surface area contributed by atoms with Crippen molar-refractivity contribution in [2.24, 2.45) is 11.8 Å². The molecule has 2 aliphatic carbocycles. The van der Waals surface area contributed by atoms with Crippen molar-refractivity contribution in [3.63, 3.8) is 0 Å². The molecule has 0 amide bonds. The second-order valence-electron chi connectivity index (χ2n) is 5.06. The molecule has 1 aromatic rings. The van der Waals surface area contributed by atoms with E-state index in [4.69, 9.17) is 0 Å². The summed E-state index contributed by atoms with van der Waals surface area (Å²) >= 11 is 1.84. The van der Waals surface area contributed by atoms with Gasteiger partial charge in [0.1, 0.15) is 0 Å². The van der Waals surface area contributed by atoms with E-state index in [1.807, 2.05) is 11.3 Å². The number of thiazole rings is 1. The summed E-state index contributed by atoms with van der Waals surface area (Å²) in [6, 6.07) is 0. The summed E-state index contributed by atoms with van der Waals surface area (Å²) in [6.07, 6.45) is 4.14. The molecule has 0 radical (unpaired) electrons. The van der Waals surface area contributed by atoms with Crippen LogP contribution >= 0.6 is 11.3 Å². The first-order chi connectivity index (χ1) is 7.33. The van der Waals surface area contributed by atoms with E-state index in [1.54, 1.807) is 0 Å². The third-order valence-corrected chi connectivity index (χ3v) is 4.54. The quantitative estimate of drug-likeness (QED) is 0.828. The zero-order valence-electron chi connectivity index (χ0n) is 9.20. The summed E-state index contributed by atoms with van der Waals surface area (Å²) in [5.41, 5.74) is 1.25. The lowest BCUT2D eigenvalue weighted by molar-refractivity contribution is 0.606. The maximum absolute atomic E-state index is 4.66. The van der Waals surface area contributed by atoms with Gasteiger partial charge in [-0.15, -0.1) is 11.3 Å². The third kappa shape index (κ3) is 2.40. The second-order valence-corrected chi connectivity index (χ2v) is 5.95. The van der Waals surface area contributed by atoms with Crippen LogP contribution < -0.4 is 5.32 Å². The van der Waals surface area contributed by atoms with Crippen LogP contribution in [0.5, 0.6) is 0 Å². The highest BCUT2D eigenvalue weighted by Crippen LogP contribution is 2.41. The Morgan fingerprint density at radius 3 is 3.00 bits per heavy atom. The smallest absolute Gasteiger partial charge is 0.0959 e. The lowest BCUT2D eigenvalue weighted by Crippen LogP contribution is -2.16. The van der Waals surface area contributed by atoms with Gasteiger partial charge >= 0.3 is 0 Å². The SMILES string of the molecule is CC1CC1CNCc1csc(C2CC2)n1. The predicted molar refractivity (Wildman–Crippen MR) is 63.1 cm³/mol. The maximum atomic E-state index is 4.66. The second kappa shape index (κ2) is 3.87. The lowest BCUT2D eigenvalue weighted by atomic mass is 10.3. The summed E-state index contributed by atoms with van der Waals surface area (Å²) < 4.78 is 0. The van der Waals surface area contributed by atoms with Crippen molar-refractivity contribution in [2.45, 2.75) is 38.6 Å². The minimum atomic E-state index is 0.812. The highest BCUT2D eigenvalue weighted by atomic mass is 32.1. The molecule has 2 saturated carbocycles. The third-order valence-electron chi connectivity index (χ3n) is 3.48. The van der Waals surface area contributed by atoms with Gasteiger partial charge in [0.05, 0.1) is 10.7 Å². The molecule has 0 spiro atoms. The summed E-state index contributed by atoms with van der Waals surface area (Å²) in [5.74, 6) is 2.70. The maximum Gasteiger partial charge on any atom is 0.0959 e. The molecule has 3 heteroatoms. The van der Waals surface area contributed by atoms with E-state index in [0.717, 1.165) is 24.3 Å². The zero-order valence-corrected chi connectivity index (χ0v) is 10.0. The minimum Gasteiger partial charge on any atom is -0.311 e. The molecule has 15 heavy (non-hydrogen) atoms. The first-order valence-corrected chi connectivity index (χ1v) is 6.86. The molecule has 1 aromatic heterocycles. The molecule has 1 N–H and O–H groups in total. The van der Waals surface area contributed by atoms with Gasteiger partial charge < -0.3 is 5.32 Å². The van der Waals surface area contributed by atoms with Crippen LogP contribution in [0, 0.1) is 11.8 Å². The molecule has 0 aromatic carbocycles. The average molecular weight is 222 g/mol. The van der Waals surface area contributed by atoms with Gasteiger partial charge in [0.15, 0.2) is 0 Å². The summed E-state index contributed by atoms with van der Waals surface area (Å²) in [5, 5.41) is 7.10. The molecule has 2 atom stereocenters. The number of aromatic nitrogens is 1. The van der Waals surface area contributed by atoms with Crippen LogP contribution in [-0.2, 0) is 6.54 Å². The van der Waals surface area contributed by atoms with E-state index in [2.05, 4.69) is 22.6 Å². The molecule has 2 aliphatic rings. The largest absolute Gasteiger partial charge is 0.311 e. The van der Waals surface area contributed by atoms with Crippen molar-refractivity contribution < 1.29 is 0 Å². The van der Waals surface area contributed by atoms with Crippen LogP contribution in [0.1, 0.15) is 42.8 Å². The van der Waals surface area contributed by atoms with Crippen LogP contribution in [0.15, 0.2) is 5.38 Å². The molecule has 2 nitrogen and oxygen atoms in total. The first-order valence-electron chi connectivity index (χ1n) is 5.98. The Labute approximate surface area is 95.1 Å². The Bertz CT molecular complexity index is 343. The minimum absolute atomic E-state index is 0.812. The summed E-state index contributed by atoms with van der Waals surface area (Å²) in [6.45, 7) is 4.48. The number of rotatable bonds is 5. The Morgan fingerprint density at radius 1 is 1.53 bits per heavy atom. The van der Waals surface area contributed by atoms with Crippen molar-refractivity contribution in [2.75, 3.05) is 6.54 Å².